The van der Waals surface area contributed by atoms with Crippen LogP contribution in [0.5, 0.6) is 0 Å². The second-order valence-electron chi connectivity index (χ2n) is 3.02. The van der Waals surface area contributed by atoms with E-state index in [-0.39, 0.29) is 6.10 Å². The monoisotopic (exact) mass is 153 g/mol. The van der Waals surface area contributed by atoms with Crippen LogP contribution in [0.25, 0.3) is 0 Å². The van der Waals surface area contributed by atoms with Crippen LogP contribution in [0.4, 0.5) is 0 Å². The van der Waals surface area contributed by atoms with Gasteiger partial charge in [-0.15, -0.1) is 0 Å². The Kier molecular flexibility index (Phi) is 2.58. The van der Waals surface area contributed by atoms with Crippen molar-refractivity contribution in [2.24, 2.45) is 5.73 Å². The van der Waals surface area contributed by atoms with Crippen molar-refractivity contribution < 1.29 is 4.74 Å². The fourth-order valence-electron chi connectivity index (χ4n) is 1.09. The quantitative estimate of drug-likeness (QED) is 0.658. The lowest BCUT2D eigenvalue weighted by Crippen LogP contribution is -2.07. The lowest BCUT2D eigenvalue weighted by atomic mass is 10.1. The Labute approximate surface area is 67.7 Å². The van der Waals surface area contributed by atoms with Crippen molar-refractivity contribution in [2.75, 3.05) is 0 Å². The van der Waals surface area contributed by atoms with Crippen LogP contribution in [0.1, 0.15) is 26.7 Å². The molecule has 1 aliphatic rings. The molecule has 0 atom stereocenters. The maximum Gasteiger partial charge on any atom is 0.0987 e. The maximum absolute atomic E-state index is 5.61. The Balaban J connectivity index is 2.51. The molecule has 62 valence electrons. The molecule has 0 aromatic heterocycles. The Bertz CT molecular complexity index is 192. The molecule has 0 saturated heterocycles. The lowest BCUT2D eigenvalue weighted by Gasteiger charge is -2.15. The second-order valence-corrected chi connectivity index (χ2v) is 3.02. The van der Waals surface area contributed by atoms with Crippen LogP contribution in [0, 0.1) is 0 Å². The van der Waals surface area contributed by atoms with Gasteiger partial charge in [-0.25, -0.2) is 0 Å². The minimum absolute atomic E-state index is 0.257. The van der Waals surface area contributed by atoms with Crippen LogP contribution in [-0.4, -0.2) is 6.10 Å². The van der Waals surface area contributed by atoms with E-state index >= 15 is 0 Å². The molecule has 0 aromatic carbocycles. The highest BCUT2D eigenvalue weighted by Crippen LogP contribution is 2.16. The van der Waals surface area contributed by atoms with Crippen molar-refractivity contribution in [1.29, 1.82) is 0 Å². The Morgan fingerprint density at radius 2 is 2.27 bits per heavy atom. The first-order valence-electron chi connectivity index (χ1n) is 4.01. The largest absolute Gasteiger partial charge is 0.495 e. The van der Waals surface area contributed by atoms with E-state index in [4.69, 9.17) is 10.5 Å². The molecular weight excluding hydrogens is 138 g/mol. The average molecular weight is 153 g/mol. The van der Waals surface area contributed by atoms with E-state index in [2.05, 4.69) is 0 Å². The van der Waals surface area contributed by atoms with Gasteiger partial charge in [-0.05, 0) is 26.3 Å². The Hall–Kier alpha value is -0.920. The van der Waals surface area contributed by atoms with Gasteiger partial charge in [-0.2, -0.15) is 0 Å². The van der Waals surface area contributed by atoms with Gasteiger partial charge in [0.25, 0.3) is 0 Å². The maximum atomic E-state index is 5.61. The molecule has 1 aliphatic carbocycles. The molecule has 11 heavy (non-hydrogen) atoms. The zero-order valence-electron chi connectivity index (χ0n) is 7.13. The summed E-state index contributed by atoms with van der Waals surface area (Å²) in [7, 11) is 0. The van der Waals surface area contributed by atoms with E-state index in [1.54, 1.807) is 0 Å². The molecule has 2 N–H and O–H groups in total. The molecular formula is C9H15NO. The summed E-state index contributed by atoms with van der Waals surface area (Å²) in [5, 5.41) is 0. The van der Waals surface area contributed by atoms with Crippen molar-refractivity contribution in [2.45, 2.75) is 32.8 Å². The van der Waals surface area contributed by atoms with Crippen molar-refractivity contribution in [3.05, 3.63) is 23.6 Å². The molecule has 0 radical (unpaired) electrons. The topological polar surface area (TPSA) is 35.2 Å². The number of ether oxygens (including phenoxy) is 1. The third-order valence-electron chi connectivity index (χ3n) is 1.49. The molecule has 0 unspecified atom stereocenters. The molecule has 2 nitrogen and oxygen atoms in total. The number of allylic oxidation sites excluding steroid dienone is 3. The predicted octanol–water partition coefficient (Wildman–Crippen LogP) is 1.93. The lowest BCUT2D eigenvalue weighted by molar-refractivity contribution is 0.139. The fraction of sp³-hybridized carbons (Fsp3) is 0.556. The summed E-state index contributed by atoms with van der Waals surface area (Å²) >= 11 is 0. The Morgan fingerprint density at radius 1 is 1.55 bits per heavy atom. The highest BCUT2D eigenvalue weighted by molar-refractivity contribution is 5.22. The highest BCUT2D eigenvalue weighted by Gasteiger charge is 2.05. The van der Waals surface area contributed by atoms with E-state index in [1.165, 1.54) is 0 Å². The standard InChI is InChI=1S/C9H15NO/c1-7(2)11-9-5-3-4-8(10)6-9/h4,6-7H,3,5,10H2,1-2H3. The number of hydrogen-bond acceptors (Lipinski definition) is 2. The highest BCUT2D eigenvalue weighted by atomic mass is 16.5. The molecule has 0 fully saturated rings. The third kappa shape index (κ3) is 2.66. The SMILES string of the molecule is CC(C)OC1=CC(N)=CCC1. The Morgan fingerprint density at radius 3 is 2.82 bits per heavy atom. The van der Waals surface area contributed by atoms with E-state index in [0.29, 0.717) is 0 Å². The van der Waals surface area contributed by atoms with Crippen LogP contribution >= 0.6 is 0 Å². The second kappa shape index (κ2) is 3.46. The van der Waals surface area contributed by atoms with Crippen molar-refractivity contribution >= 4 is 0 Å². The fourth-order valence-corrected chi connectivity index (χ4v) is 1.09. The van der Waals surface area contributed by atoms with Gasteiger partial charge in [0.2, 0.25) is 0 Å². The summed E-state index contributed by atoms with van der Waals surface area (Å²) in [5.74, 6) is 1.01. The molecule has 0 heterocycles. The summed E-state index contributed by atoms with van der Waals surface area (Å²) in [6, 6.07) is 0. The summed E-state index contributed by atoms with van der Waals surface area (Å²) in [5.41, 5.74) is 6.43. The summed E-state index contributed by atoms with van der Waals surface area (Å²) in [6.45, 7) is 4.05. The van der Waals surface area contributed by atoms with Crippen LogP contribution in [0.15, 0.2) is 23.6 Å². The first-order valence-corrected chi connectivity index (χ1v) is 4.01. The number of rotatable bonds is 2. The summed E-state index contributed by atoms with van der Waals surface area (Å²) < 4.78 is 5.50. The van der Waals surface area contributed by atoms with Gasteiger partial charge in [0.1, 0.15) is 0 Å². The van der Waals surface area contributed by atoms with Crippen molar-refractivity contribution in [1.82, 2.24) is 0 Å². The van der Waals surface area contributed by atoms with Crippen LogP contribution in [0.3, 0.4) is 0 Å². The van der Waals surface area contributed by atoms with Crippen LogP contribution in [-0.2, 0) is 4.74 Å². The van der Waals surface area contributed by atoms with Gasteiger partial charge >= 0.3 is 0 Å². The van der Waals surface area contributed by atoms with E-state index < -0.39 is 0 Å². The molecule has 0 aliphatic heterocycles. The first kappa shape index (κ1) is 8.18. The molecule has 0 amide bonds. The average Bonchev–Trinajstić information content (AvgIpc) is 1.85. The van der Waals surface area contributed by atoms with Crippen LogP contribution in [0.2, 0.25) is 0 Å². The smallest absolute Gasteiger partial charge is 0.0987 e. The first-order chi connectivity index (χ1) is 5.18. The van der Waals surface area contributed by atoms with Gasteiger partial charge in [-0.3, -0.25) is 0 Å². The molecule has 0 spiro atoms. The van der Waals surface area contributed by atoms with E-state index in [9.17, 15) is 0 Å². The van der Waals surface area contributed by atoms with Gasteiger partial charge in [0, 0.05) is 12.1 Å². The normalized spacial score (nSPS) is 17.7. The molecule has 2 heteroatoms. The summed E-state index contributed by atoms with van der Waals surface area (Å²) in [6.07, 6.45) is 6.17. The predicted molar refractivity (Wildman–Crippen MR) is 45.8 cm³/mol. The molecule has 1 rings (SSSR count). The van der Waals surface area contributed by atoms with E-state index in [1.807, 2.05) is 26.0 Å². The third-order valence-corrected chi connectivity index (χ3v) is 1.49. The number of nitrogens with two attached hydrogens (primary N) is 1. The van der Waals surface area contributed by atoms with Crippen molar-refractivity contribution in [3.8, 4) is 0 Å². The zero-order valence-corrected chi connectivity index (χ0v) is 7.13. The minimum atomic E-state index is 0.257. The molecule has 0 aromatic rings. The van der Waals surface area contributed by atoms with E-state index in [0.717, 1.165) is 24.3 Å². The molecule has 0 bridgehead atoms. The van der Waals surface area contributed by atoms with Crippen LogP contribution < -0.4 is 5.73 Å². The molecule has 0 saturated carbocycles. The van der Waals surface area contributed by atoms with Gasteiger partial charge < -0.3 is 10.5 Å². The van der Waals surface area contributed by atoms with Gasteiger partial charge in [0.05, 0.1) is 11.9 Å². The zero-order chi connectivity index (χ0) is 8.27. The van der Waals surface area contributed by atoms with Crippen molar-refractivity contribution in [3.63, 3.8) is 0 Å². The minimum Gasteiger partial charge on any atom is -0.495 e. The number of hydrogen-bond donors (Lipinski definition) is 1. The van der Waals surface area contributed by atoms with Gasteiger partial charge in [-0.1, -0.05) is 6.08 Å². The summed E-state index contributed by atoms with van der Waals surface area (Å²) in [4.78, 5) is 0. The van der Waals surface area contributed by atoms with Gasteiger partial charge in [0.15, 0.2) is 0 Å².